The van der Waals surface area contributed by atoms with E-state index in [9.17, 15) is 9.36 Å². The summed E-state index contributed by atoms with van der Waals surface area (Å²) in [5.74, 6) is -0.934. The second-order valence-corrected chi connectivity index (χ2v) is 5.92. The third-order valence-electron chi connectivity index (χ3n) is 2.76. The molecule has 100 valence electrons. The van der Waals surface area contributed by atoms with Crippen LogP contribution >= 0.6 is 7.60 Å². The Morgan fingerprint density at radius 1 is 1.56 bits per heavy atom. The van der Waals surface area contributed by atoms with Crippen molar-refractivity contribution in [3.8, 4) is 0 Å². The van der Waals surface area contributed by atoms with E-state index >= 15 is 0 Å². The van der Waals surface area contributed by atoms with Crippen LogP contribution in [0.5, 0.6) is 0 Å². The van der Waals surface area contributed by atoms with Gasteiger partial charge in [0.15, 0.2) is 5.85 Å². The van der Waals surface area contributed by atoms with E-state index < -0.39 is 25.2 Å². The van der Waals surface area contributed by atoms with Crippen LogP contribution in [0.2, 0.25) is 0 Å². The maximum absolute atomic E-state index is 11.5. The van der Waals surface area contributed by atoms with Gasteiger partial charge in [0.05, 0.1) is 12.6 Å². The molecular weight excluding hydrogens is 261 g/mol. The van der Waals surface area contributed by atoms with Crippen LogP contribution in [0.3, 0.4) is 0 Å². The molecule has 0 bridgehead atoms. The van der Waals surface area contributed by atoms with Gasteiger partial charge in [0.1, 0.15) is 5.82 Å². The molecule has 0 aliphatic carbocycles. The lowest BCUT2D eigenvalue weighted by molar-refractivity contribution is 0.0606. The fraction of sp³-hybridized carbons (Fsp3) is 0.556. The second-order valence-electron chi connectivity index (χ2n) is 4.17. The molecule has 0 amide bonds. The summed E-state index contributed by atoms with van der Waals surface area (Å²) in [5.41, 5.74) is 4.85. The van der Waals surface area contributed by atoms with Gasteiger partial charge in [0.2, 0.25) is 0 Å². The molecule has 0 aromatic carbocycles. The summed E-state index contributed by atoms with van der Waals surface area (Å²) >= 11 is 0. The zero-order chi connectivity index (χ0) is 13.3. The molecule has 2 atom stereocenters. The van der Waals surface area contributed by atoms with E-state index in [0.717, 1.165) is 0 Å². The highest BCUT2D eigenvalue weighted by atomic mass is 31.2. The number of hydrogen-bond donors (Lipinski definition) is 3. The number of rotatable bonds is 3. The molecule has 1 aromatic heterocycles. The summed E-state index contributed by atoms with van der Waals surface area (Å²) < 4.78 is 17.6. The summed E-state index contributed by atoms with van der Waals surface area (Å²) in [7, 11) is -4.22. The molecule has 0 spiro atoms. The van der Waals surface area contributed by atoms with E-state index in [1.165, 1.54) is 16.8 Å². The van der Waals surface area contributed by atoms with E-state index in [1.807, 2.05) is 0 Å². The Morgan fingerprint density at radius 2 is 2.28 bits per heavy atom. The van der Waals surface area contributed by atoms with Crippen LogP contribution < -0.4 is 11.4 Å². The maximum atomic E-state index is 11.5. The highest BCUT2D eigenvalue weighted by Gasteiger charge is 2.37. The van der Waals surface area contributed by atoms with Crippen molar-refractivity contribution in [1.82, 2.24) is 9.55 Å². The van der Waals surface area contributed by atoms with Crippen LogP contribution in [-0.4, -0.2) is 31.3 Å². The molecular formula is C9H14N3O5P. The normalized spacial score (nSPS) is 24.3. The molecule has 0 saturated carbocycles. The van der Waals surface area contributed by atoms with Gasteiger partial charge in [-0.25, -0.2) is 4.79 Å². The van der Waals surface area contributed by atoms with Crippen molar-refractivity contribution >= 4 is 13.4 Å². The molecule has 1 aliphatic heterocycles. The molecule has 1 aliphatic rings. The van der Waals surface area contributed by atoms with Gasteiger partial charge < -0.3 is 20.3 Å². The first-order valence-corrected chi connectivity index (χ1v) is 7.08. The van der Waals surface area contributed by atoms with Crippen LogP contribution in [0.1, 0.15) is 12.8 Å². The van der Waals surface area contributed by atoms with Crippen LogP contribution in [0.4, 0.5) is 5.82 Å². The Labute approximate surface area is 103 Å². The summed E-state index contributed by atoms with van der Waals surface area (Å²) in [5, 5.41) is 0. The predicted molar refractivity (Wildman–Crippen MR) is 62.8 cm³/mol. The zero-order valence-electron chi connectivity index (χ0n) is 9.47. The van der Waals surface area contributed by atoms with Crippen molar-refractivity contribution in [2.45, 2.75) is 31.3 Å². The lowest BCUT2D eigenvalue weighted by Crippen LogP contribution is -2.28. The van der Waals surface area contributed by atoms with Crippen LogP contribution in [0.15, 0.2) is 17.1 Å². The lowest BCUT2D eigenvalue weighted by Gasteiger charge is -2.15. The number of nitrogens with zero attached hydrogens (tertiary/aromatic N) is 2. The first kappa shape index (κ1) is 13.2. The van der Waals surface area contributed by atoms with Crippen molar-refractivity contribution in [3.63, 3.8) is 0 Å². The molecule has 1 fully saturated rings. The average molecular weight is 275 g/mol. The Hall–Kier alpha value is -1.21. The third kappa shape index (κ3) is 2.97. The van der Waals surface area contributed by atoms with Crippen LogP contribution in [0, 0.1) is 0 Å². The summed E-state index contributed by atoms with van der Waals surface area (Å²) in [4.78, 5) is 33.0. The first-order chi connectivity index (χ1) is 8.36. The summed E-state index contributed by atoms with van der Waals surface area (Å²) in [6, 6.07) is 1.48. The Bertz CT molecular complexity index is 539. The minimum absolute atomic E-state index is 0.136. The van der Waals surface area contributed by atoms with Crippen molar-refractivity contribution in [2.75, 3.05) is 5.73 Å². The molecule has 4 N–H and O–H groups in total. The molecule has 1 aromatic rings. The van der Waals surface area contributed by atoms with E-state index in [2.05, 4.69) is 4.98 Å². The standard InChI is InChI=1S/C9H14N3O5P/c10-7-3-4-12(9(13)11-7)5-6-1-2-8(17-6)18(14,15)16/h3-4,6,8H,1-2,5H2,(H2,10,11,13)(H2,14,15,16)/t6-,8?/m0/s1. The number of nitrogens with two attached hydrogens (primary N) is 1. The molecule has 0 radical (unpaired) electrons. The number of hydrogen-bond acceptors (Lipinski definition) is 5. The van der Waals surface area contributed by atoms with Crippen LogP contribution in [0.25, 0.3) is 0 Å². The fourth-order valence-electron chi connectivity index (χ4n) is 1.87. The van der Waals surface area contributed by atoms with Crippen molar-refractivity contribution < 1.29 is 19.1 Å². The Balaban J connectivity index is 2.04. The zero-order valence-corrected chi connectivity index (χ0v) is 10.4. The Morgan fingerprint density at radius 3 is 2.83 bits per heavy atom. The number of nitrogen functional groups attached to an aromatic ring is 1. The van der Waals surface area contributed by atoms with Crippen molar-refractivity contribution in [3.05, 3.63) is 22.7 Å². The minimum Gasteiger partial charge on any atom is -0.383 e. The van der Waals surface area contributed by atoms with Gasteiger partial charge >= 0.3 is 13.3 Å². The highest BCUT2D eigenvalue weighted by molar-refractivity contribution is 7.52. The molecule has 1 unspecified atom stereocenters. The lowest BCUT2D eigenvalue weighted by atomic mass is 10.2. The summed E-state index contributed by atoms with van der Waals surface area (Å²) in [6.45, 7) is 0.211. The molecule has 2 rings (SSSR count). The smallest absolute Gasteiger partial charge is 0.354 e. The molecule has 1 saturated heterocycles. The van der Waals surface area contributed by atoms with E-state index in [-0.39, 0.29) is 18.8 Å². The number of anilines is 1. The van der Waals surface area contributed by atoms with Gasteiger partial charge in [-0.3, -0.25) is 9.13 Å². The fourth-order valence-corrected chi connectivity index (χ4v) is 2.68. The monoisotopic (exact) mass is 275 g/mol. The number of ether oxygens (including phenoxy) is 1. The minimum atomic E-state index is -4.22. The summed E-state index contributed by atoms with van der Waals surface area (Å²) in [6.07, 6.45) is 1.86. The van der Waals surface area contributed by atoms with Crippen LogP contribution in [-0.2, 0) is 15.8 Å². The van der Waals surface area contributed by atoms with Gasteiger partial charge in [-0.05, 0) is 18.9 Å². The van der Waals surface area contributed by atoms with E-state index in [4.69, 9.17) is 20.3 Å². The first-order valence-electron chi connectivity index (χ1n) is 5.40. The van der Waals surface area contributed by atoms with Gasteiger partial charge in [-0.15, -0.1) is 0 Å². The van der Waals surface area contributed by atoms with Crippen molar-refractivity contribution in [1.29, 1.82) is 0 Å². The largest absolute Gasteiger partial charge is 0.383 e. The van der Waals surface area contributed by atoms with E-state index in [0.29, 0.717) is 6.42 Å². The molecule has 18 heavy (non-hydrogen) atoms. The quantitative estimate of drug-likeness (QED) is 0.635. The van der Waals surface area contributed by atoms with E-state index in [1.54, 1.807) is 0 Å². The van der Waals surface area contributed by atoms with Gasteiger partial charge in [-0.2, -0.15) is 4.98 Å². The maximum Gasteiger partial charge on any atom is 0.354 e. The second kappa shape index (κ2) is 4.81. The predicted octanol–water partition coefficient (Wildman–Crippen LogP) is -0.492. The average Bonchev–Trinajstić information content (AvgIpc) is 2.70. The van der Waals surface area contributed by atoms with Crippen molar-refractivity contribution in [2.24, 2.45) is 0 Å². The highest BCUT2D eigenvalue weighted by Crippen LogP contribution is 2.47. The topological polar surface area (TPSA) is 128 Å². The Kier molecular flexibility index (Phi) is 3.54. The molecule has 9 heteroatoms. The van der Waals surface area contributed by atoms with Gasteiger partial charge in [-0.1, -0.05) is 0 Å². The third-order valence-corrected chi connectivity index (χ3v) is 3.89. The molecule has 2 heterocycles. The molecule has 8 nitrogen and oxygen atoms in total. The number of aromatic nitrogens is 2. The van der Waals surface area contributed by atoms with Gasteiger partial charge in [0, 0.05) is 6.20 Å². The van der Waals surface area contributed by atoms with Gasteiger partial charge in [0.25, 0.3) is 0 Å². The SMILES string of the molecule is Nc1ccn(C[C@@H]2CCC(P(=O)(O)O)O2)c(=O)n1.